The van der Waals surface area contributed by atoms with Crippen LogP contribution in [0.1, 0.15) is 12.2 Å². The van der Waals surface area contributed by atoms with E-state index in [9.17, 15) is 4.39 Å². The fraction of sp³-hybridized carbons (Fsp3) is 0.714. The zero-order chi connectivity index (χ0) is 8.55. The van der Waals surface area contributed by atoms with E-state index in [0.29, 0.717) is 18.9 Å². The van der Waals surface area contributed by atoms with Crippen molar-refractivity contribution in [3.05, 3.63) is 5.82 Å². The zero-order valence-corrected chi connectivity index (χ0v) is 6.92. The van der Waals surface area contributed by atoms with Gasteiger partial charge in [0.2, 0.25) is 5.95 Å². The summed E-state index contributed by atoms with van der Waals surface area (Å²) in [6, 6.07) is 0. The number of hydrogen-bond acceptors (Lipinski definition) is 3. The predicted octanol–water partition coefficient (Wildman–Crippen LogP) is 0.661. The lowest BCUT2D eigenvalue weighted by molar-refractivity contribution is 0.364. The minimum Gasteiger partial charge on any atom is -0.337 e. The fourth-order valence-electron chi connectivity index (χ4n) is 1.37. The van der Waals surface area contributed by atoms with Gasteiger partial charge in [0.25, 0.3) is 0 Å². The maximum absolute atomic E-state index is 12.8. The highest BCUT2D eigenvalue weighted by atomic mass is 19.1. The monoisotopic (exact) mass is 170 g/mol. The third-order valence-corrected chi connectivity index (χ3v) is 2.00. The minimum absolute atomic E-state index is 0.428. The van der Waals surface area contributed by atoms with Gasteiger partial charge in [-0.3, -0.25) is 5.10 Å². The maximum Gasteiger partial charge on any atom is 0.244 e. The molecule has 0 spiro atoms. The summed E-state index contributed by atoms with van der Waals surface area (Å²) < 4.78 is 12.8. The molecule has 1 atom stereocenters. The van der Waals surface area contributed by atoms with Crippen LogP contribution in [0.3, 0.4) is 0 Å². The minimum atomic E-state index is -0.719. The van der Waals surface area contributed by atoms with Crippen molar-refractivity contribution in [3.63, 3.8) is 0 Å². The van der Waals surface area contributed by atoms with Crippen LogP contribution >= 0.6 is 0 Å². The van der Waals surface area contributed by atoms with E-state index >= 15 is 0 Å². The Balaban J connectivity index is 2.11. The molecule has 1 saturated heterocycles. The molecule has 1 fully saturated rings. The van der Waals surface area contributed by atoms with E-state index in [0.717, 1.165) is 12.4 Å². The van der Waals surface area contributed by atoms with Crippen molar-refractivity contribution in [2.75, 3.05) is 18.0 Å². The van der Waals surface area contributed by atoms with Crippen LogP contribution in [0.5, 0.6) is 0 Å². The molecule has 0 amide bonds. The summed E-state index contributed by atoms with van der Waals surface area (Å²) in [5.41, 5.74) is 0. The molecule has 1 N–H and O–H groups in total. The standard InChI is InChI=1S/C7H11FN4/c1-5-9-7(11-10-5)12-3-2-6(8)4-12/h6H,2-4H2,1H3,(H,9,10,11)/t6-/m1/s1. The number of H-pyrrole nitrogens is 1. The first kappa shape index (κ1) is 7.52. The highest BCUT2D eigenvalue weighted by Crippen LogP contribution is 2.17. The summed E-state index contributed by atoms with van der Waals surface area (Å²) in [4.78, 5) is 5.98. The Morgan fingerprint density at radius 3 is 3.00 bits per heavy atom. The van der Waals surface area contributed by atoms with Crippen molar-refractivity contribution in [1.82, 2.24) is 15.2 Å². The molecular weight excluding hydrogens is 159 g/mol. The van der Waals surface area contributed by atoms with E-state index in [-0.39, 0.29) is 0 Å². The lowest BCUT2D eigenvalue weighted by Crippen LogP contribution is -2.21. The maximum atomic E-state index is 12.8. The largest absolute Gasteiger partial charge is 0.337 e. The summed E-state index contributed by atoms with van der Waals surface area (Å²) >= 11 is 0. The Kier molecular flexibility index (Phi) is 1.71. The first-order valence-corrected chi connectivity index (χ1v) is 4.04. The molecule has 1 aromatic rings. The summed E-state index contributed by atoms with van der Waals surface area (Å²) in [5.74, 6) is 1.39. The molecule has 0 aromatic carbocycles. The molecule has 2 rings (SSSR count). The van der Waals surface area contributed by atoms with Crippen LogP contribution in [0.2, 0.25) is 0 Å². The molecule has 66 valence electrons. The molecule has 0 unspecified atom stereocenters. The summed E-state index contributed by atoms with van der Waals surface area (Å²) in [7, 11) is 0. The molecule has 0 aliphatic carbocycles. The van der Waals surface area contributed by atoms with E-state index in [1.165, 1.54) is 0 Å². The van der Waals surface area contributed by atoms with Crippen LogP contribution in [0.4, 0.5) is 10.3 Å². The van der Waals surface area contributed by atoms with E-state index < -0.39 is 6.17 Å². The Morgan fingerprint density at radius 1 is 1.67 bits per heavy atom. The lowest BCUT2D eigenvalue weighted by Gasteiger charge is -2.10. The van der Waals surface area contributed by atoms with Crippen LogP contribution in [0.15, 0.2) is 0 Å². The topological polar surface area (TPSA) is 44.8 Å². The van der Waals surface area contributed by atoms with Gasteiger partial charge in [-0.25, -0.2) is 4.39 Å². The van der Waals surface area contributed by atoms with Crippen molar-refractivity contribution < 1.29 is 4.39 Å². The van der Waals surface area contributed by atoms with Gasteiger partial charge < -0.3 is 4.90 Å². The number of anilines is 1. The second-order valence-corrected chi connectivity index (χ2v) is 3.05. The van der Waals surface area contributed by atoms with Gasteiger partial charge in [0.05, 0.1) is 6.54 Å². The van der Waals surface area contributed by atoms with Crippen molar-refractivity contribution in [1.29, 1.82) is 0 Å². The molecule has 1 aliphatic heterocycles. The van der Waals surface area contributed by atoms with Crippen LogP contribution in [-0.2, 0) is 0 Å². The van der Waals surface area contributed by atoms with Gasteiger partial charge in [-0.05, 0) is 13.3 Å². The number of hydrogen-bond donors (Lipinski definition) is 1. The lowest BCUT2D eigenvalue weighted by atomic mass is 10.3. The number of aryl methyl sites for hydroxylation is 1. The highest BCUT2D eigenvalue weighted by molar-refractivity contribution is 5.30. The Morgan fingerprint density at radius 2 is 2.50 bits per heavy atom. The number of aromatic amines is 1. The number of alkyl halides is 1. The van der Waals surface area contributed by atoms with E-state index in [2.05, 4.69) is 15.2 Å². The summed E-state index contributed by atoms with van der Waals surface area (Å²) in [6.07, 6.45) is -0.128. The second kappa shape index (κ2) is 2.73. The Labute approximate surface area is 69.8 Å². The molecule has 12 heavy (non-hydrogen) atoms. The predicted molar refractivity (Wildman–Crippen MR) is 42.8 cm³/mol. The summed E-state index contributed by atoms with van der Waals surface area (Å²) in [5, 5.41) is 6.69. The van der Waals surface area contributed by atoms with Gasteiger partial charge in [0.15, 0.2) is 0 Å². The Bertz CT molecular complexity index is 272. The SMILES string of the molecule is Cc1nc(N2CC[C@@H](F)C2)n[nH]1. The number of rotatable bonds is 1. The van der Waals surface area contributed by atoms with Gasteiger partial charge in [-0.15, -0.1) is 5.10 Å². The molecule has 5 heteroatoms. The van der Waals surface area contributed by atoms with Gasteiger partial charge >= 0.3 is 0 Å². The van der Waals surface area contributed by atoms with Crippen molar-refractivity contribution in [2.45, 2.75) is 19.5 Å². The van der Waals surface area contributed by atoms with Crippen molar-refractivity contribution in [3.8, 4) is 0 Å². The smallest absolute Gasteiger partial charge is 0.244 e. The molecule has 2 heterocycles. The molecule has 0 saturated carbocycles. The van der Waals surface area contributed by atoms with Crippen LogP contribution in [0.25, 0.3) is 0 Å². The molecule has 0 bridgehead atoms. The quantitative estimate of drug-likeness (QED) is 0.673. The highest BCUT2D eigenvalue weighted by Gasteiger charge is 2.24. The molecule has 4 nitrogen and oxygen atoms in total. The van der Waals surface area contributed by atoms with E-state index in [1.807, 2.05) is 11.8 Å². The molecular formula is C7H11FN4. The molecule has 1 aliphatic rings. The normalized spacial score (nSPS) is 23.5. The summed E-state index contributed by atoms with van der Waals surface area (Å²) in [6.45, 7) is 2.98. The van der Waals surface area contributed by atoms with Crippen LogP contribution in [0, 0.1) is 6.92 Å². The Hall–Kier alpha value is -1.13. The molecule has 1 aromatic heterocycles. The van der Waals surface area contributed by atoms with Crippen LogP contribution in [-0.4, -0.2) is 34.4 Å². The van der Waals surface area contributed by atoms with E-state index in [4.69, 9.17) is 0 Å². The van der Waals surface area contributed by atoms with Crippen LogP contribution < -0.4 is 4.90 Å². The van der Waals surface area contributed by atoms with Crippen molar-refractivity contribution >= 4 is 5.95 Å². The van der Waals surface area contributed by atoms with Crippen molar-refractivity contribution in [2.24, 2.45) is 0 Å². The van der Waals surface area contributed by atoms with Gasteiger partial charge in [-0.1, -0.05) is 0 Å². The second-order valence-electron chi connectivity index (χ2n) is 3.05. The number of nitrogens with zero attached hydrogens (tertiary/aromatic N) is 3. The van der Waals surface area contributed by atoms with Gasteiger partial charge in [0, 0.05) is 6.54 Å². The number of halogens is 1. The fourth-order valence-corrected chi connectivity index (χ4v) is 1.37. The number of nitrogens with one attached hydrogen (secondary N) is 1. The third kappa shape index (κ3) is 1.26. The zero-order valence-electron chi connectivity index (χ0n) is 6.92. The van der Waals surface area contributed by atoms with Gasteiger partial charge in [-0.2, -0.15) is 4.98 Å². The molecule has 0 radical (unpaired) electrons. The average molecular weight is 170 g/mol. The third-order valence-electron chi connectivity index (χ3n) is 2.00. The first-order valence-electron chi connectivity index (χ1n) is 4.04. The average Bonchev–Trinajstić information content (AvgIpc) is 2.58. The number of aromatic nitrogens is 3. The van der Waals surface area contributed by atoms with E-state index in [1.54, 1.807) is 0 Å². The first-order chi connectivity index (χ1) is 5.75. The van der Waals surface area contributed by atoms with Gasteiger partial charge in [0.1, 0.15) is 12.0 Å².